The van der Waals surface area contributed by atoms with Crippen molar-refractivity contribution < 1.29 is 0 Å². The molecule has 0 heteroatoms. The SMILES string of the molecule is CC(C)(C)C12CC3(c4ccccc4)CC(c4ccccc4)(CC(C4C=CC=CC4)(C3)C1)C2. The first-order chi connectivity index (χ1) is 15.3. The Morgan fingerprint density at radius 3 is 1.69 bits per heavy atom. The smallest absolute Gasteiger partial charge is 0.00275 e. The quantitative estimate of drug-likeness (QED) is 0.466. The number of benzene rings is 2. The van der Waals surface area contributed by atoms with Crippen molar-refractivity contribution in [1.29, 1.82) is 0 Å². The lowest BCUT2D eigenvalue weighted by Crippen LogP contribution is -2.68. The van der Waals surface area contributed by atoms with E-state index >= 15 is 0 Å². The van der Waals surface area contributed by atoms with Gasteiger partial charge >= 0.3 is 0 Å². The van der Waals surface area contributed by atoms with Crippen LogP contribution < -0.4 is 0 Å². The first-order valence-electron chi connectivity index (χ1n) is 12.8. The molecule has 0 radical (unpaired) electrons. The first-order valence-corrected chi connectivity index (χ1v) is 12.8. The van der Waals surface area contributed by atoms with E-state index in [1.54, 1.807) is 11.1 Å². The minimum Gasteiger partial charge on any atom is -0.0839 e. The van der Waals surface area contributed by atoms with Gasteiger partial charge in [-0.1, -0.05) is 106 Å². The zero-order valence-electron chi connectivity index (χ0n) is 20.1. The van der Waals surface area contributed by atoms with Gasteiger partial charge in [0.05, 0.1) is 0 Å². The Morgan fingerprint density at radius 1 is 0.656 bits per heavy atom. The molecule has 2 aromatic rings. The van der Waals surface area contributed by atoms with E-state index in [2.05, 4.69) is 106 Å². The van der Waals surface area contributed by atoms with E-state index in [-0.39, 0.29) is 10.8 Å². The third-order valence-corrected chi connectivity index (χ3v) is 10.2. The predicted octanol–water partition coefficient (Wildman–Crippen LogP) is 8.40. The molecule has 5 aliphatic rings. The molecule has 4 fully saturated rings. The topological polar surface area (TPSA) is 0 Å². The Labute approximate surface area is 194 Å². The van der Waals surface area contributed by atoms with Crippen LogP contribution in [-0.4, -0.2) is 0 Å². The molecule has 0 aromatic heterocycles. The summed E-state index contributed by atoms with van der Waals surface area (Å²) in [4.78, 5) is 0. The van der Waals surface area contributed by atoms with Crippen LogP contribution in [0.1, 0.15) is 76.8 Å². The van der Waals surface area contributed by atoms with Gasteiger partial charge in [0.25, 0.3) is 0 Å². The van der Waals surface area contributed by atoms with Gasteiger partial charge in [0.15, 0.2) is 0 Å². The molecule has 32 heavy (non-hydrogen) atoms. The Morgan fingerprint density at radius 2 is 1.22 bits per heavy atom. The zero-order chi connectivity index (χ0) is 22.1. The summed E-state index contributed by atoms with van der Waals surface area (Å²) in [6, 6.07) is 23.3. The van der Waals surface area contributed by atoms with E-state index in [4.69, 9.17) is 0 Å². The second-order valence-corrected chi connectivity index (χ2v) is 12.9. The van der Waals surface area contributed by atoms with E-state index in [0.29, 0.717) is 22.2 Å². The molecule has 4 bridgehead atoms. The highest BCUT2D eigenvalue weighted by Crippen LogP contribution is 2.79. The second-order valence-electron chi connectivity index (χ2n) is 12.9. The highest BCUT2D eigenvalue weighted by Gasteiger charge is 2.71. The lowest BCUT2D eigenvalue weighted by atomic mass is 9.29. The highest BCUT2D eigenvalue weighted by atomic mass is 14.7. The van der Waals surface area contributed by atoms with E-state index in [1.807, 2.05) is 0 Å². The van der Waals surface area contributed by atoms with E-state index in [0.717, 1.165) is 0 Å². The van der Waals surface area contributed by atoms with Gasteiger partial charge in [-0.3, -0.25) is 0 Å². The lowest BCUT2D eigenvalue weighted by molar-refractivity contribution is -0.195. The lowest BCUT2D eigenvalue weighted by Gasteiger charge is -2.75. The van der Waals surface area contributed by atoms with Crippen LogP contribution in [0, 0.1) is 22.2 Å². The monoisotopic (exact) mass is 422 g/mol. The molecule has 0 aliphatic heterocycles. The third kappa shape index (κ3) is 2.81. The summed E-state index contributed by atoms with van der Waals surface area (Å²) in [5, 5.41) is 0. The van der Waals surface area contributed by atoms with Crippen LogP contribution in [0.4, 0.5) is 0 Å². The van der Waals surface area contributed by atoms with Crippen molar-refractivity contribution in [2.24, 2.45) is 22.2 Å². The summed E-state index contributed by atoms with van der Waals surface area (Å²) >= 11 is 0. The summed E-state index contributed by atoms with van der Waals surface area (Å²) in [6.45, 7) is 7.63. The molecule has 3 atom stereocenters. The number of rotatable bonds is 3. The van der Waals surface area contributed by atoms with Crippen molar-refractivity contribution in [3.05, 3.63) is 96.1 Å². The Kier molecular flexibility index (Phi) is 4.31. The van der Waals surface area contributed by atoms with Crippen LogP contribution >= 0.6 is 0 Å². The maximum absolute atomic E-state index is 2.57. The Bertz CT molecular complexity index is 993. The number of hydrogen-bond acceptors (Lipinski definition) is 0. The number of hydrogen-bond donors (Lipinski definition) is 0. The second kappa shape index (κ2) is 6.72. The van der Waals surface area contributed by atoms with Gasteiger partial charge < -0.3 is 0 Å². The summed E-state index contributed by atoms with van der Waals surface area (Å²) in [7, 11) is 0. The van der Waals surface area contributed by atoms with Gasteiger partial charge in [-0.2, -0.15) is 0 Å². The van der Waals surface area contributed by atoms with Gasteiger partial charge in [-0.25, -0.2) is 0 Å². The van der Waals surface area contributed by atoms with Gasteiger partial charge in [0, 0.05) is 0 Å². The molecular weight excluding hydrogens is 384 g/mol. The maximum Gasteiger partial charge on any atom is -0.00275 e. The molecule has 4 saturated carbocycles. The first kappa shape index (κ1) is 20.5. The Balaban J connectivity index is 1.61. The standard InChI is InChI=1S/C32H38/c1-28(2,3)32-22-29(25-13-7-4-8-14-25)19-30(23-32,26-15-9-5-10-16-26)21-31(20-29,24-32)27-17-11-6-12-18-27/h4-17,27H,18-24H2,1-3H3. The van der Waals surface area contributed by atoms with Crippen molar-refractivity contribution in [2.75, 3.05) is 0 Å². The van der Waals surface area contributed by atoms with Crippen molar-refractivity contribution in [2.45, 2.75) is 76.5 Å². The highest BCUT2D eigenvalue weighted by molar-refractivity contribution is 5.41. The minimum absolute atomic E-state index is 0.286. The summed E-state index contributed by atoms with van der Waals surface area (Å²) in [6.07, 6.45) is 19.0. The van der Waals surface area contributed by atoms with Crippen LogP contribution in [0.25, 0.3) is 0 Å². The van der Waals surface area contributed by atoms with Crippen LogP contribution in [0.15, 0.2) is 85.0 Å². The predicted molar refractivity (Wildman–Crippen MR) is 135 cm³/mol. The minimum atomic E-state index is 0.286. The maximum atomic E-state index is 2.57. The summed E-state index contributed by atoms with van der Waals surface area (Å²) in [5.74, 6) is 0.668. The normalized spacial score (nSPS) is 40.0. The molecule has 0 spiro atoms. The van der Waals surface area contributed by atoms with E-state index in [9.17, 15) is 0 Å². The average Bonchev–Trinajstić information content (AvgIpc) is 2.79. The van der Waals surface area contributed by atoms with Crippen molar-refractivity contribution >= 4 is 0 Å². The molecule has 5 aliphatic carbocycles. The molecular formula is C32H38. The molecule has 3 unspecified atom stereocenters. The van der Waals surface area contributed by atoms with Crippen molar-refractivity contribution in [1.82, 2.24) is 0 Å². The molecule has 2 aromatic carbocycles. The van der Waals surface area contributed by atoms with Gasteiger partial charge in [-0.05, 0) is 89.1 Å². The van der Waals surface area contributed by atoms with Gasteiger partial charge in [0.2, 0.25) is 0 Å². The molecule has 0 nitrogen and oxygen atoms in total. The van der Waals surface area contributed by atoms with Crippen LogP contribution in [0.2, 0.25) is 0 Å². The summed E-state index contributed by atoms with van der Waals surface area (Å²) in [5.41, 5.74) is 4.84. The largest absolute Gasteiger partial charge is 0.0839 e. The molecule has 0 heterocycles. The van der Waals surface area contributed by atoms with Crippen LogP contribution in [0.5, 0.6) is 0 Å². The number of allylic oxidation sites excluding steroid dienone is 4. The van der Waals surface area contributed by atoms with Crippen molar-refractivity contribution in [3.63, 3.8) is 0 Å². The molecule has 7 rings (SSSR count). The van der Waals surface area contributed by atoms with E-state index in [1.165, 1.54) is 44.9 Å². The fourth-order valence-corrected chi connectivity index (χ4v) is 9.13. The fraction of sp³-hybridized carbons (Fsp3) is 0.500. The third-order valence-electron chi connectivity index (χ3n) is 10.2. The fourth-order valence-electron chi connectivity index (χ4n) is 9.13. The van der Waals surface area contributed by atoms with Gasteiger partial charge in [0.1, 0.15) is 0 Å². The molecule has 0 amide bonds. The van der Waals surface area contributed by atoms with E-state index < -0.39 is 0 Å². The zero-order valence-corrected chi connectivity index (χ0v) is 20.1. The molecule has 166 valence electrons. The molecule has 0 N–H and O–H groups in total. The summed E-state index contributed by atoms with van der Waals surface area (Å²) < 4.78 is 0. The van der Waals surface area contributed by atoms with Crippen molar-refractivity contribution in [3.8, 4) is 0 Å². The van der Waals surface area contributed by atoms with Crippen LogP contribution in [0.3, 0.4) is 0 Å². The Hall–Kier alpha value is -2.08. The van der Waals surface area contributed by atoms with Gasteiger partial charge in [-0.15, -0.1) is 0 Å². The molecule has 0 saturated heterocycles. The van der Waals surface area contributed by atoms with Crippen LogP contribution in [-0.2, 0) is 10.8 Å². The average molecular weight is 423 g/mol.